The number of nitrogens with one attached hydrogen (secondary N) is 1. The minimum atomic E-state index is -0.248. The van der Waals surface area contributed by atoms with Gasteiger partial charge in [-0.2, -0.15) is 0 Å². The number of aromatic nitrogens is 1. The number of nitrogens with zero attached hydrogens (tertiary/aromatic N) is 1. The van der Waals surface area contributed by atoms with Crippen LogP contribution in [-0.2, 0) is 11.2 Å². The Kier molecular flexibility index (Phi) is 5.09. The standard InChI is InChI=1S/C15H15ClN2O2/c1-20-9-7-11-4-2-3-5-14(11)18-15(19)12-6-8-17-10-13(12)16/h2-6,8,10H,7,9H2,1H3,(H,18,19). The Balaban J connectivity index is 2.18. The third-order valence-electron chi connectivity index (χ3n) is 2.86. The molecule has 104 valence electrons. The van der Waals surface area contributed by atoms with Crippen molar-refractivity contribution < 1.29 is 9.53 Å². The molecule has 1 aromatic carbocycles. The zero-order valence-electron chi connectivity index (χ0n) is 11.1. The van der Waals surface area contributed by atoms with E-state index < -0.39 is 0 Å². The highest BCUT2D eigenvalue weighted by molar-refractivity contribution is 6.34. The molecule has 0 unspecified atom stereocenters. The summed E-state index contributed by atoms with van der Waals surface area (Å²) in [5, 5.41) is 3.20. The van der Waals surface area contributed by atoms with Gasteiger partial charge in [0.25, 0.3) is 5.91 Å². The van der Waals surface area contributed by atoms with E-state index in [-0.39, 0.29) is 5.91 Å². The van der Waals surface area contributed by atoms with Crippen molar-refractivity contribution in [2.45, 2.75) is 6.42 Å². The van der Waals surface area contributed by atoms with Crippen LogP contribution in [0.25, 0.3) is 0 Å². The van der Waals surface area contributed by atoms with Gasteiger partial charge in [0.05, 0.1) is 17.2 Å². The lowest BCUT2D eigenvalue weighted by molar-refractivity contribution is 0.102. The Hall–Kier alpha value is -1.91. The van der Waals surface area contributed by atoms with Crippen molar-refractivity contribution in [1.82, 2.24) is 4.98 Å². The largest absolute Gasteiger partial charge is 0.384 e. The van der Waals surface area contributed by atoms with Gasteiger partial charge >= 0.3 is 0 Å². The number of carbonyl (C=O) groups is 1. The summed E-state index contributed by atoms with van der Waals surface area (Å²) in [5.41, 5.74) is 2.19. The predicted octanol–water partition coefficient (Wildman–Crippen LogP) is 3.18. The molecule has 0 fully saturated rings. The molecule has 0 saturated carbocycles. The van der Waals surface area contributed by atoms with Crippen molar-refractivity contribution >= 4 is 23.2 Å². The Bertz CT molecular complexity index is 602. The van der Waals surface area contributed by atoms with Crippen molar-refractivity contribution in [3.63, 3.8) is 0 Å². The lowest BCUT2D eigenvalue weighted by atomic mass is 10.1. The highest BCUT2D eigenvalue weighted by Crippen LogP contribution is 2.19. The second-order valence-electron chi connectivity index (χ2n) is 4.21. The Labute approximate surface area is 122 Å². The number of rotatable bonds is 5. The fraction of sp³-hybridized carbons (Fsp3) is 0.200. The van der Waals surface area contributed by atoms with E-state index in [2.05, 4.69) is 10.3 Å². The van der Waals surface area contributed by atoms with Gasteiger partial charge in [-0.15, -0.1) is 0 Å². The quantitative estimate of drug-likeness (QED) is 0.920. The van der Waals surface area contributed by atoms with Crippen molar-refractivity contribution in [2.24, 2.45) is 0 Å². The molecule has 1 heterocycles. The first-order valence-electron chi connectivity index (χ1n) is 6.20. The van der Waals surface area contributed by atoms with Crippen molar-refractivity contribution in [3.8, 4) is 0 Å². The van der Waals surface area contributed by atoms with E-state index in [1.165, 1.54) is 12.4 Å². The van der Waals surface area contributed by atoms with Crippen molar-refractivity contribution in [1.29, 1.82) is 0 Å². The van der Waals surface area contributed by atoms with Crippen LogP contribution in [-0.4, -0.2) is 24.6 Å². The van der Waals surface area contributed by atoms with Crippen LogP contribution in [0.1, 0.15) is 15.9 Å². The second kappa shape index (κ2) is 7.03. The molecule has 5 heteroatoms. The number of pyridine rings is 1. The smallest absolute Gasteiger partial charge is 0.257 e. The maximum absolute atomic E-state index is 12.2. The first-order chi connectivity index (χ1) is 9.72. The van der Waals surface area contributed by atoms with Crippen LogP contribution >= 0.6 is 11.6 Å². The number of ether oxygens (including phenoxy) is 1. The molecule has 0 radical (unpaired) electrons. The average molecular weight is 291 g/mol. The number of methoxy groups -OCH3 is 1. The summed E-state index contributed by atoms with van der Waals surface area (Å²) in [4.78, 5) is 16.1. The molecule has 0 aliphatic rings. The molecular weight excluding hydrogens is 276 g/mol. The number of carbonyl (C=O) groups excluding carboxylic acids is 1. The van der Waals surface area contributed by atoms with Crippen LogP contribution in [0, 0.1) is 0 Å². The number of anilines is 1. The predicted molar refractivity (Wildman–Crippen MR) is 79.2 cm³/mol. The number of benzene rings is 1. The van der Waals surface area contributed by atoms with Gasteiger partial charge in [-0.1, -0.05) is 29.8 Å². The first-order valence-corrected chi connectivity index (χ1v) is 6.58. The second-order valence-corrected chi connectivity index (χ2v) is 4.62. The van der Waals surface area contributed by atoms with Crippen LogP contribution in [0.2, 0.25) is 5.02 Å². The van der Waals surface area contributed by atoms with Crippen LogP contribution in [0.5, 0.6) is 0 Å². The summed E-state index contributed by atoms with van der Waals surface area (Å²) in [5.74, 6) is -0.248. The average Bonchev–Trinajstić information content (AvgIpc) is 2.46. The fourth-order valence-electron chi connectivity index (χ4n) is 1.82. The zero-order chi connectivity index (χ0) is 14.4. The van der Waals surface area contributed by atoms with Crippen LogP contribution in [0.3, 0.4) is 0 Å². The molecule has 0 atom stereocenters. The van der Waals surface area contributed by atoms with Gasteiger partial charge in [0.1, 0.15) is 0 Å². The van der Waals surface area contributed by atoms with Gasteiger partial charge in [0, 0.05) is 25.2 Å². The maximum Gasteiger partial charge on any atom is 0.257 e. The monoisotopic (exact) mass is 290 g/mol. The van der Waals surface area contributed by atoms with Gasteiger partial charge in [-0.05, 0) is 24.1 Å². The Morgan fingerprint density at radius 1 is 1.35 bits per heavy atom. The SMILES string of the molecule is COCCc1ccccc1NC(=O)c1ccncc1Cl. The zero-order valence-corrected chi connectivity index (χ0v) is 11.9. The number of amides is 1. The molecule has 20 heavy (non-hydrogen) atoms. The lowest BCUT2D eigenvalue weighted by Crippen LogP contribution is -2.14. The normalized spacial score (nSPS) is 10.3. The summed E-state index contributed by atoms with van der Waals surface area (Å²) >= 11 is 5.97. The van der Waals surface area contributed by atoms with Crippen molar-refractivity contribution in [3.05, 3.63) is 58.9 Å². The minimum Gasteiger partial charge on any atom is -0.384 e. The van der Waals surface area contributed by atoms with E-state index in [1.807, 2.05) is 24.3 Å². The van der Waals surface area contributed by atoms with Crippen LogP contribution < -0.4 is 5.32 Å². The third kappa shape index (κ3) is 3.56. The van der Waals surface area contributed by atoms with Crippen molar-refractivity contribution in [2.75, 3.05) is 19.0 Å². The summed E-state index contributed by atoms with van der Waals surface area (Å²) in [7, 11) is 1.65. The number of para-hydroxylation sites is 1. The third-order valence-corrected chi connectivity index (χ3v) is 3.16. The molecule has 2 aromatic rings. The topological polar surface area (TPSA) is 51.2 Å². The maximum atomic E-state index is 12.2. The molecule has 0 aliphatic heterocycles. The fourth-order valence-corrected chi connectivity index (χ4v) is 2.03. The molecule has 1 amide bonds. The minimum absolute atomic E-state index is 0.248. The summed E-state index contributed by atoms with van der Waals surface area (Å²) < 4.78 is 5.07. The van der Waals surface area contributed by atoms with E-state index in [0.29, 0.717) is 17.2 Å². The van der Waals surface area contributed by atoms with Gasteiger partial charge in [-0.25, -0.2) is 0 Å². The van der Waals surface area contributed by atoms with Gasteiger partial charge in [0.15, 0.2) is 0 Å². The molecule has 0 aliphatic carbocycles. The molecule has 0 saturated heterocycles. The molecule has 2 rings (SSSR count). The van der Waals surface area contributed by atoms with Crippen LogP contribution in [0.15, 0.2) is 42.7 Å². The Morgan fingerprint density at radius 2 is 2.15 bits per heavy atom. The summed E-state index contributed by atoms with van der Waals surface area (Å²) in [6.45, 7) is 0.600. The van der Waals surface area contributed by atoms with E-state index >= 15 is 0 Å². The molecule has 4 nitrogen and oxygen atoms in total. The molecular formula is C15H15ClN2O2. The highest BCUT2D eigenvalue weighted by Gasteiger charge is 2.11. The van der Waals surface area contributed by atoms with Gasteiger partial charge in [-0.3, -0.25) is 9.78 Å². The lowest BCUT2D eigenvalue weighted by Gasteiger charge is -2.11. The summed E-state index contributed by atoms with van der Waals surface area (Å²) in [6, 6.07) is 9.22. The van der Waals surface area contributed by atoms with Gasteiger partial charge < -0.3 is 10.1 Å². The number of halogens is 1. The van der Waals surface area contributed by atoms with Crippen LogP contribution in [0.4, 0.5) is 5.69 Å². The molecule has 0 spiro atoms. The van der Waals surface area contributed by atoms with Gasteiger partial charge in [0.2, 0.25) is 0 Å². The molecule has 1 aromatic heterocycles. The van der Waals surface area contributed by atoms with E-state index in [1.54, 1.807) is 13.2 Å². The Morgan fingerprint density at radius 3 is 2.90 bits per heavy atom. The van der Waals surface area contributed by atoms with E-state index in [4.69, 9.17) is 16.3 Å². The first kappa shape index (κ1) is 14.5. The molecule has 1 N–H and O–H groups in total. The number of hydrogen-bond donors (Lipinski definition) is 1. The number of hydrogen-bond acceptors (Lipinski definition) is 3. The molecule has 0 bridgehead atoms. The summed E-state index contributed by atoms with van der Waals surface area (Å²) in [6.07, 6.45) is 3.72. The van der Waals surface area contributed by atoms with E-state index in [0.717, 1.165) is 17.7 Å². The van der Waals surface area contributed by atoms with E-state index in [9.17, 15) is 4.79 Å². The highest BCUT2D eigenvalue weighted by atomic mass is 35.5.